The molecule has 3 aromatic carbocycles. The predicted octanol–water partition coefficient (Wildman–Crippen LogP) is 5.28. The molecule has 2 heterocycles. The van der Waals surface area contributed by atoms with Gasteiger partial charge >= 0.3 is 12.2 Å². The third-order valence-electron chi connectivity index (χ3n) is 8.48. The van der Waals surface area contributed by atoms with Crippen molar-refractivity contribution in [1.29, 1.82) is 0 Å². The summed E-state index contributed by atoms with van der Waals surface area (Å²) in [6.45, 7) is 5.27. The molecule has 4 N–H and O–H groups in total. The summed E-state index contributed by atoms with van der Waals surface area (Å²) in [5, 5.41) is 7.12. The number of nitrogens with zero attached hydrogens (tertiary/aromatic N) is 4. The van der Waals surface area contributed by atoms with Crippen LogP contribution in [0.3, 0.4) is 0 Å². The van der Waals surface area contributed by atoms with Gasteiger partial charge in [0, 0.05) is 24.2 Å². The minimum absolute atomic E-state index is 0.158. The number of hydrogen-bond acceptors (Lipinski definition) is 8. The normalized spacial score (nSPS) is 11.2. The molecule has 0 fully saturated rings. The lowest BCUT2D eigenvalue weighted by atomic mass is 10.0. The monoisotopic (exact) mass is 732 g/mol. The molecule has 0 aliphatic carbocycles. The van der Waals surface area contributed by atoms with Gasteiger partial charge in [-0.3, -0.25) is 9.59 Å². The van der Waals surface area contributed by atoms with Gasteiger partial charge in [0.05, 0.1) is 45.4 Å². The summed E-state index contributed by atoms with van der Waals surface area (Å²) >= 11 is 0. The van der Waals surface area contributed by atoms with Crippen molar-refractivity contribution in [3.63, 3.8) is 0 Å². The van der Waals surface area contributed by atoms with Crippen molar-refractivity contribution >= 4 is 34.8 Å². The predicted molar refractivity (Wildman–Crippen MR) is 203 cm³/mol. The van der Waals surface area contributed by atoms with Crippen molar-refractivity contribution in [2.75, 3.05) is 33.9 Å². The molecule has 0 spiro atoms. The Hall–Kier alpha value is -6.62. The first-order chi connectivity index (χ1) is 26.2. The molecule has 5 aromatic rings. The van der Waals surface area contributed by atoms with Crippen molar-refractivity contribution in [2.45, 2.75) is 45.8 Å². The molecule has 0 radical (unpaired) electrons. The average Bonchev–Trinajstić information content (AvgIpc) is 3.87. The molecular weight excluding hydrogens is 688 g/mol. The summed E-state index contributed by atoms with van der Waals surface area (Å²) in [4.78, 5) is 68.7. The lowest BCUT2D eigenvalue weighted by Gasteiger charge is -2.27. The molecule has 0 saturated carbocycles. The second-order valence-electron chi connectivity index (χ2n) is 12.4. The number of carbonyl (C=O) groups excluding carboxylic acids is 4. The van der Waals surface area contributed by atoms with Gasteiger partial charge in [-0.05, 0) is 53.3 Å². The van der Waals surface area contributed by atoms with Crippen LogP contribution in [0.2, 0.25) is 0 Å². The number of rotatable bonds is 14. The molecule has 14 nitrogen and oxygen atoms in total. The van der Waals surface area contributed by atoms with E-state index < -0.39 is 18.2 Å². The van der Waals surface area contributed by atoms with Gasteiger partial charge in [0.1, 0.15) is 29.9 Å². The van der Waals surface area contributed by atoms with E-state index >= 15 is 0 Å². The molecule has 0 unspecified atom stereocenters. The van der Waals surface area contributed by atoms with E-state index in [0.717, 1.165) is 34.0 Å². The number of imidazole rings is 2. The fourth-order valence-corrected chi connectivity index (χ4v) is 5.81. The van der Waals surface area contributed by atoms with Crippen LogP contribution in [0.15, 0.2) is 79.1 Å². The number of carbonyl (C=O) groups is 4. The number of amides is 4. The minimum atomic E-state index is -0.914. The van der Waals surface area contributed by atoms with Crippen LogP contribution in [0.1, 0.15) is 61.2 Å². The number of methoxy groups -OCH3 is 2. The number of fused-ring (bicyclic) bond motifs is 1. The van der Waals surface area contributed by atoms with Crippen LogP contribution in [0, 0.1) is 11.8 Å². The highest BCUT2D eigenvalue weighted by Gasteiger charge is 2.28. The van der Waals surface area contributed by atoms with Crippen LogP contribution in [-0.4, -0.2) is 87.6 Å². The molecular formula is C40H44N8O6. The number of H-pyrrole nitrogens is 2. The van der Waals surface area contributed by atoms with Crippen molar-refractivity contribution in [1.82, 2.24) is 40.4 Å². The van der Waals surface area contributed by atoms with Crippen LogP contribution in [0.5, 0.6) is 0 Å². The lowest BCUT2D eigenvalue weighted by Crippen LogP contribution is -2.43. The molecule has 0 saturated heterocycles. The first-order valence-corrected chi connectivity index (χ1v) is 17.6. The maximum absolute atomic E-state index is 13.7. The molecule has 2 aromatic heterocycles. The topological polar surface area (TPSA) is 175 Å². The first kappa shape index (κ1) is 38.6. The minimum Gasteiger partial charge on any atom is -0.453 e. The molecule has 0 bridgehead atoms. The molecule has 54 heavy (non-hydrogen) atoms. The number of hydrogen-bond donors (Lipinski definition) is 4. The molecule has 0 aliphatic heterocycles. The highest BCUT2D eigenvalue weighted by atomic mass is 16.5. The number of nitrogens with one attached hydrogen (secondary N) is 4. The number of benzene rings is 3. The second-order valence-corrected chi connectivity index (χ2v) is 12.4. The fraction of sp³-hybridized carbons (Fsp3) is 0.300. The summed E-state index contributed by atoms with van der Waals surface area (Å²) in [5.74, 6) is 7.03. The van der Waals surface area contributed by atoms with Gasteiger partial charge < -0.3 is 39.9 Å². The van der Waals surface area contributed by atoms with Crippen molar-refractivity contribution in [2.24, 2.45) is 0 Å². The number of alkyl carbamates (subject to hydrolysis) is 2. The Kier molecular flexibility index (Phi) is 13.4. The van der Waals surface area contributed by atoms with Crippen LogP contribution < -0.4 is 10.6 Å². The van der Waals surface area contributed by atoms with Gasteiger partial charge in [0.25, 0.3) is 0 Å². The maximum atomic E-state index is 13.7. The molecule has 5 rings (SSSR count). The van der Waals surface area contributed by atoms with E-state index in [9.17, 15) is 19.2 Å². The number of aromatic nitrogens is 4. The molecule has 14 heteroatoms. The zero-order valence-electron chi connectivity index (χ0n) is 30.8. The van der Waals surface area contributed by atoms with Gasteiger partial charge in [-0.2, -0.15) is 0 Å². The van der Waals surface area contributed by atoms with E-state index in [2.05, 4.69) is 53.2 Å². The largest absolute Gasteiger partial charge is 0.453 e. The Balaban J connectivity index is 1.24. The Labute approximate surface area is 313 Å². The number of aromatic amines is 2. The van der Waals surface area contributed by atoms with Crippen LogP contribution in [0.25, 0.3) is 22.0 Å². The van der Waals surface area contributed by atoms with Crippen molar-refractivity contribution in [3.05, 3.63) is 108 Å². The third-order valence-corrected chi connectivity index (χ3v) is 8.48. The van der Waals surface area contributed by atoms with Crippen molar-refractivity contribution < 1.29 is 28.7 Å². The SMILES string of the molecule is CCCN(Cc1ncc(-c2ccc3cc(C#Cc4cnc(CN(CCC)C(=O)[C@H](NC(=O)OC)c5ccccc5)[nH]4)ccc3c2)[nH]1)C(=O)CNC(=O)OC. The smallest absolute Gasteiger partial charge is 0.407 e. The van der Waals surface area contributed by atoms with E-state index in [1.807, 2.05) is 62.4 Å². The molecule has 0 aliphatic rings. The van der Waals surface area contributed by atoms with Gasteiger partial charge in [-0.25, -0.2) is 19.6 Å². The van der Waals surface area contributed by atoms with Crippen LogP contribution in [0.4, 0.5) is 9.59 Å². The van der Waals surface area contributed by atoms with Crippen LogP contribution in [-0.2, 0) is 32.2 Å². The van der Waals surface area contributed by atoms with Gasteiger partial charge in [0.2, 0.25) is 11.8 Å². The van der Waals surface area contributed by atoms with E-state index in [1.54, 1.807) is 34.3 Å². The van der Waals surface area contributed by atoms with E-state index in [0.29, 0.717) is 42.4 Å². The summed E-state index contributed by atoms with van der Waals surface area (Å²) in [6.07, 6.45) is 3.50. The van der Waals surface area contributed by atoms with E-state index in [-0.39, 0.29) is 31.4 Å². The quantitative estimate of drug-likeness (QED) is 0.112. The number of ether oxygens (including phenoxy) is 2. The van der Waals surface area contributed by atoms with Gasteiger partial charge in [0.15, 0.2) is 0 Å². The Morgan fingerprint density at radius 2 is 1.44 bits per heavy atom. The Bertz CT molecular complexity index is 2130. The Morgan fingerprint density at radius 3 is 2.19 bits per heavy atom. The first-order valence-electron chi connectivity index (χ1n) is 17.6. The summed E-state index contributed by atoms with van der Waals surface area (Å²) in [5.41, 5.74) is 3.83. The van der Waals surface area contributed by atoms with Gasteiger partial charge in [-0.15, -0.1) is 0 Å². The van der Waals surface area contributed by atoms with E-state index in [4.69, 9.17) is 4.74 Å². The highest BCUT2D eigenvalue weighted by Crippen LogP contribution is 2.25. The summed E-state index contributed by atoms with van der Waals surface area (Å²) in [7, 11) is 2.51. The second kappa shape index (κ2) is 18.7. The van der Waals surface area contributed by atoms with Crippen molar-refractivity contribution in [3.8, 4) is 23.1 Å². The Morgan fingerprint density at radius 1 is 0.778 bits per heavy atom. The molecule has 280 valence electrons. The van der Waals surface area contributed by atoms with Gasteiger partial charge in [-0.1, -0.05) is 68.3 Å². The lowest BCUT2D eigenvalue weighted by molar-refractivity contribution is -0.134. The zero-order chi connectivity index (χ0) is 38.5. The highest BCUT2D eigenvalue weighted by molar-refractivity contribution is 5.88. The summed E-state index contributed by atoms with van der Waals surface area (Å²) in [6, 6.07) is 20.2. The fourth-order valence-electron chi connectivity index (χ4n) is 5.81. The third kappa shape index (κ3) is 10.3. The molecule has 4 amide bonds. The average molecular weight is 733 g/mol. The van der Waals surface area contributed by atoms with Crippen LogP contribution >= 0.6 is 0 Å². The standard InChI is InChI=1S/C40H44N8O6/c1-5-18-47(36(49)24-43-39(51)53-3)25-35-42-23-33(45-35)31-16-15-29-20-27(12-14-30(29)21-31)13-17-32-22-41-34(44-32)26-48(19-6-2)38(50)37(46-40(52)54-4)28-10-8-7-9-11-28/h7-12,14-16,20-23,37H,5-6,18-19,24-26H2,1-4H3,(H,41,44)(H,42,45)(H,43,51)(H,46,52)/t37-/m1/s1. The van der Waals surface area contributed by atoms with E-state index in [1.165, 1.54) is 14.2 Å². The maximum Gasteiger partial charge on any atom is 0.407 e. The zero-order valence-corrected chi connectivity index (χ0v) is 30.8. The summed E-state index contributed by atoms with van der Waals surface area (Å²) < 4.78 is 9.34. The molecule has 1 atom stereocenters.